The Morgan fingerprint density at radius 1 is 0.625 bits per heavy atom. The van der Waals surface area contributed by atoms with Crippen LogP contribution in [0.25, 0.3) is 0 Å². The Kier molecular flexibility index (Phi) is 6.74. The highest BCUT2D eigenvalue weighted by Gasteiger charge is 2.28. The van der Waals surface area contributed by atoms with E-state index < -0.39 is 13.0 Å². The average Bonchev–Trinajstić information content (AvgIpc) is 2.86. The van der Waals surface area contributed by atoms with Gasteiger partial charge in [0.25, 0.3) is 0 Å². The number of nitrogens with zero attached hydrogens (tertiary/aromatic N) is 2. The maximum absolute atomic E-state index is 11.6. The van der Waals surface area contributed by atoms with Crippen molar-refractivity contribution in [3.05, 3.63) is 127 Å². The molecule has 0 aliphatic rings. The summed E-state index contributed by atoms with van der Waals surface area (Å²) in [6.07, 6.45) is 0. The molecule has 0 aliphatic heterocycles. The maximum atomic E-state index is 11.6. The molecule has 4 aromatic carbocycles. The Labute approximate surface area is 188 Å². The number of hydrogen-bond acceptors (Lipinski definition) is 3. The number of carbonyl (C=O) groups is 1. The smallest absolute Gasteiger partial charge is 0.316 e. The number of amidine groups is 1. The summed E-state index contributed by atoms with van der Waals surface area (Å²) in [6.45, 7) is 1.33. The number of rotatable bonds is 5. The summed E-state index contributed by atoms with van der Waals surface area (Å²) in [5.74, 6) is -0.109. The van der Waals surface area contributed by atoms with Gasteiger partial charge in [0.05, 0.1) is 7.05 Å². The first-order valence-corrected chi connectivity index (χ1v) is 12.0. The Morgan fingerprint density at radius 3 is 1.38 bits per heavy atom. The van der Waals surface area contributed by atoms with Crippen molar-refractivity contribution in [2.75, 3.05) is 0 Å². The summed E-state index contributed by atoms with van der Waals surface area (Å²) in [5.41, 5.74) is 0.779. The second kappa shape index (κ2) is 10.0. The van der Waals surface area contributed by atoms with Gasteiger partial charge < -0.3 is 4.84 Å². The SMILES string of the molecule is CC(=O)O/N=C(\N=P(c1ccccc1)(c1ccccc1)c1ccccc1)c1ccccc1. The van der Waals surface area contributed by atoms with Crippen LogP contribution in [0.3, 0.4) is 0 Å². The normalized spacial score (nSPS) is 11.6. The minimum atomic E-state index is -2.53. The van der Waals surface area contributed by atoms with E-state index in [1.165, 1.54) is 6.92 Å². The van der Waals surface area contributed by atoms with Crippen LogP contribution in [-0.4, -0.2) is 11.8 Å². The monoisotopic (exact) mass is 438 g/mol. The third-order valence-corrected chi connectivity index (χ3v) is 8.55. The molecule has 0 spiro atoms. The topological polar surface area (TPSA) is 51.0 Å². The van der Waals surface area contributed by atoms with Gasteiger partial charge in [-0.05, 0) is 0 Å². The first kappa shape index (κ1) is 21.5. The van der Waals surface area contributed by atoms with Crippen molar-refractivity contribution in [3.63, 3.8) is 0 Å². The first-order valence-electron chi connectivity index (χ1n) is 10.3. The lowest BCUT2D eigenvalue weighted by Gasteiger charge is -2.27. The lowest BCUT2D eigenvalue weighted by atomic mass is 10.2. The van der Waals surface area contributed by atoms with Gasteiger partial charge in [-0.25, -0.2) is 9.54 Å². The van der Waals surface area contributed by atoms with Crippen LogP contribution in [-0.2, 0) is 9.63 Å². The first-order chi connectivity index (χ1) is 15.7. The van der Waals surface area contributed by atoms with Crippen molar-refractivity contribution in [1.82, 2.24) is 0 Å². The summed E-state index contributed by atoms with van der Waals surface area (Å²) in [4.78, 5) is 16.7. The van der Waals surface area contributed by atoms with E-state index in [0.717, 1.165) is 21.5 Å². The largest absolute Gasteiger partial charge is 0.332 e. The van der Waals surface area contributed by atoms with Gasteiger partial charge >= 0.3 is 5.97 Å². The minimum absolute atomic E-state index is 0.380. The van der Waals surface area contributed by atoms with Gasteiger partial charge in [-0.15, -0.1) is 0 Å². The summed E-state index contributed by atoms with van der Waals surface area (Å²) >= 11 is 0. The predicted molar refractivity (Wildman–Crippen MR) is 132 cm³/mol. The summed E-state index contributed by atoms with van der Waals surface area (Å²) in [6, 6.07) is 40.4. The number of oxime groups is 1. The van der Waals surface area contributed by atoms with E-state index in [4.69, 9.17) is 9.58 Å². The van der Waals surface area contributed by atoms with Gasteiger partial charge in [0.15, 0.2) is 5.84 Å². The van der Waals surface area contributed by atoms with Gasteiger partial charge in [0, 0.05) is 28.4 Å². The highest BCUT2D eigenvalue weighted by Crippen LogP contribution is 2.47. The molecule has 0 heterocycles. The fourth-order valence-electron chi connectivity index (χ4n) is 3.52. The Morgan fingerprint density at radius 2 is 1.00 bits per heavy atom. The number of carbonyl (C=O) groups excluding carboxylic acids is 1. The Balaban J connectivity index is 2.11. The standard InChI is InChI=1S/C27H23N2O2P/c1-22(30)31-28-27(23-14-6-2-7-15-23)29-32(24-16-8-3-9-17-24,25-18-10-4-11-19-25)26-20-12-5-13-21-26/h2-21H,1H3/b28-27-. The molecule has 0 bridgehead atoms. The van der Waals surface area contributed by atoms with Crippen LogP contribution in [0.4, 0.5) is 0 Å². The molecule has 5 heteroatoms. The van der Waals surface area contributed by atoms with Crippen LogP contribution in [0, 0.1) is 0 Å². The Bertz CT molecular complexity index is 1150. The fraction of sp³-hybridized carbons (Fsp3) is 0.0370. The van der Waals surface area contributed by atoms with Gasteiger partial charge in [-0.1, -0.05) is 126 Å². The molecule has 0 aromatic heterocycles. The molecule has 32 heavy (non-hydrogen) atoms. The van der Waals surface area contributed by atoms with Crippen molar-refractivity contribution in [2.24, 2.45) is 9.90 Å². The molecule has 0 N–H and O–H groups in total. The number of benzene rings is 4. The molecule has 4 nitrogen and oxygen atoms in total. The van der Waals surface area contributed by atoms with Crippen LogP contribution in [0.15, 0.2) is 131 Å². The van der Waals surface area contributed by atoms with E-state index in [2.05, 4.69) is 41.6 Å². The molecular formula is C27H23N2O2P. The molecule has 0 aliphatic carbocycles. The van der Waals surface area contributed by atoms with Crippen LogP contribution in [0.1, 0.15) is 12.5 Å². The summed E-state index contributed by atoms with van der Waals surface area (Å²) in [7, 11) is -2.53. The lowest BCUT2D eigenvalue weighted by molar-refractivity contribution is -0.140. The van der Waals surface area contributed by atoms with Gasteiger partial charge in [0.1, 0.15) is 0 Å². The second-order valence-electron chi connectivity index (χ2n) is 7.11. The maximum Gasteiger partial charge on any atom is 0.332 e. The summed E-state index contributed by atoms with van der Waals surface area (Å²) < 4.78 is 5.34. The van der Waals surface area contributed by atoms with Crippen LogP contribution >= 0.6 is 7.05 Å². The van der Waals surface area contributed by atoms with E-state index in [0.29, 0.717) is 5.84 Å². The molecule has 0 atom stereocenters. The van der Waals surface area contributed by atoms with Crippen LogP contribution in [0.2, 0.25) is 0 Å². The zero-order valence-electron chi connectivity index (χ0n) is 17.7. The van der Waals surface area contributed by atoms with Gasteiger partial charge in [0.2, 0.25) is 0 Å². The van der Waals surface area contributed by atoms with Crippen molar-refractivity contribution < 1.29 is 9.63 Å². The molecule has 0 amide bonds. The molecule has 4 aromatic rings. The van der Waals surface area contributed by atoms with E-state index in [1.54, 1.807) is 0 Å². The number of hydrogen-bond donors (Lipinski definition) is 0. The van der Waals surface area contributed by atoms with Crippen molar-refractivity contribution >= 4 is 34.8 Å². The molecule has 0 saturated carbocycles. The van der Waals surface area contributed by atoms with Gasteiger partial charge in [-0.2, -0.15) is 0 Å². The highest BCUT2D eigenvalue weighted by molar-refractivity contribution is 7.87. The molecule has 0 saturated heterocycles. The third-order valence-electron chi connectivity index (χ3n) is 4.93. The minimum Gasteiger partial charge on any atom is -0.316 e. The highest BCUT2D eigenvalue weighted by atomic mass is 31.2. The average molecular weight is 438 g/mol. The zero-order valence-corrected chi connectivity index (χ0v) is 18.6. The fourth-order valence-corrected chi connectivity index (χ4v) is 7.00. The Hall–Kier alpha value is -3.75. The summed E-state index contributed by atoms with van der Waals surface area (Å²) in [5, 5.41) is 7.44. The van der Waals surface area contributed by atoms with Crippen molar-refractivity contribution in [2.45, 2.75) is 6.92 Å². The van der Waals surface area contributed by atoms with Crippen molar-refractivity contribution in [3.8, 4) is 0 Å². The van der Waals surface area contributed by atoms with E-state index >= 15 is 0 Å². The quantitative estimate of drug-likeness (QED) is 0.143. The van der Waals surface area contributed by atoms with E-state index in [-0.39, 0.29) is 0 Å². The van der Waals surface area contributed by atoms with E-state index in [1.807, 2.05) is 84.9 Å². The van der Waals surface area contributed by atoms with Crippen LogP contribution in [0.5, 0.6) is 0 Å². The van der Waals surface area contributed by atoms with Crippen molar-refractivity contribution in [1.29, 1.82) is 0 Å². The lowest BCUT2D eigenvalue weighted by Crippen LogP contribution is -2.26. The molecule has 0 unspecified atom stereocenters. The molecule has 0 radical (unpaired) electrons. The zero-order chi connectivity index (χ0) is 22.2. The van der Waals surface area contributed by atoms with Gasteiger partial charge in [-0.3, -0.25) is 0 Å². The molecule has 4 rings (SSSR count). The molecule has 158 valence electrons. The second-order valence-corrected chi connectivity index (χ2v) is 10.1. The van der Waals surface area contributed by atoms with Crippen LogP contribution < -0.4 is 15.9 Å². The van der Waals surface area contributed by atoms with E-state index in [9.17, 15) is 4.79 Å². The molecular weight excluding hydrogens is 415 g/mol. The molecule has 0 fully saturated rings. The third kappa shape index (κ3) is 4.61. The predicted octanol–water partition coefficient (Wildman–Crippen LogP) is 5.09.